The topological polar surface area (TPSA) is 23.4 Å². The lowest BCUT2D eigenvalue weighted by Gasteiger charge is -2.29. The largest absolute Gasteiger partial charge is 0.457 e. The molecular weight excluding hydrogens is 557 g/mol. The van der Waals surface area contributed by atoms with Crippen molar-refractivity contribution in [2.24, 2.45) is 11.8 Å². The number of benzene rings is 4. The lowest BCUT2D eigenvalue weighted by Crippen LogP contribution is -2.19. The minimum Gasteiger partial charge on any atom is -0.457 e. The highest BCUT2D eigenvalue weighted by Crippen LogP contribution is 2.48. The van der Waals surface area contributed by atoms with Crippen LogP contribution in [-0.4, -0.2) is 11.4 Å². The van der Waals surface area contributed by atoms with Gasteiger partial charge in [0.1, 0.15) is 11.6 Å². The number of fused-ring (bicyclic) bond motifs is 6. The second-order valence-corrected chi connectivity index (χ2v) is 15.5. The highest BCUT2D eigenvalue weighted by molar-refractivity contribution is 6.10. The summed E-state index contributed by atoms with van der Waals surface area (Å²) >= 11 is 0. The Morgan fingerprint density at radius 2 is 1.44 bits per heavy atom. The SMILES string of the molecule is CC(C)CCC(C)(C)c1cc2c(c(-n3c4ccc(CC(C)C)cc4c4cc(C(C)(C)C)ccc43)c1)OCOc1ccc(F)cc1-2. The minimum atomic E-state index is -0.291. The van der Waals surface area contributed by atoms with Gasteiger partial charge in [-0.15, -0.1) is 0 Å². The van der Waals surface area contributed by atoms with Gasteiger partial charge in [-0.2, -0.15) is 0 Å². The summed E-state index contributed by atoms with van der Waals surface area (Å²) in [5.74, 6) is 2.22. The fourth-order valence-electron chi connectivity index (χ4n) is 6.70. The fourth-order valence-corrected chi connectivity index (χ4v) is 6.70. The molecule has 236 valence electrons. The Morgan fingerprint density at radius 1 is 0.733 bits per heavy atom. The van der Waals surface area contributed by atoms with Crippen LogP contribution in [0.2, 0.25) is 0 Å². The molecule has 0 saturated heterocycles. The monoisotopic (exact) mass is 605 g/mol. The summed E-state index contributed by atoms with van der Waals surface area (Å²) < 4.78 is 29.7. The molecule has 3 nitrogen and oxygen atoms in total. The molecule has 5 aromatic rings. The normalized spacial score (nSPS) is 13.6. The van der Waals surface area contributed by atoms with Crippen molar-refractivity contribution in [1.82, 2.24) is 4.57 Å². The standard InChI is InChI=1S/C41H48FNO2/c1-25(2)16-17-41(8,9)29-21-34-33-23-30(42)12-15-38(33)44-24-45-39(34)37(22-29)43-35-13-10-27(18-26(3)4)19-31(35)32-20-28(40(5,6)7)11-14-36(32)43/h10-15,19-23,25-26H,16-18,24H2,1-9H3. The van der Waals surface area contributed by atoms with Gasteiger partial charge in [0.25, 0.3) is 0 Å². The van der Waals surface area contributed by atoms with Gasteiger partial charge in [-0.3, -0.25) is 0 Å². The first-order chi connectivity index (χ1) is 21.2. The van der Waals surface area contributed by atoms with Crippen molar-refractivity contribution in [3.8, 4) is 28.3 Å². The summed E-state index contributed by atoms with van der Waals surface area (Å²) in [4.78, 5) is 0. The molecule has 0 aliphatic carbocycles. The van der Waals surface area contributed by atoms with Gasteiger partial charge in [0.2, 0.25) is 6.79 Å². The first kappa shape index (κ1) is 31.2. The Labute approximate surface area is 268 Å². The van der Waals surface area contributed by atoms with Crippen LogP contribution >= 0.6 is 0 Å². The molecule has 45 heavy (non-hydrogen) atoms. The van der Waals surface area contributed by atoms with E-state index in [2.05, 4.69) is 115 Å². The van der Waals surface area contributed by atoms with Gasteiger partial charge in [-0.05, 0) is 107 Å². The number of hydrogen-bond donors (Lipinski definition) is 0. The van der Waals surface area contributed by atoms with E-state index in [1.807, 2.05) is 0 Å². The van der Waals surface area contributed by atoms with E-state index in [0.29, 0.717) is 23.3 Å². The number of halogens is 1. The average Bonchev–Trinajstić information content (AvgIpc) is 3.16. The summed E-state index contributed by atoms with van der Waals surface area (Å²) in [7, 11) is 0. The molecule has 6 rings (SSSR count). The van der Waals surface area contributed by atoms with E-state index in [1.54, 1.807) is 12.1 Å². The molecule has 0 atom stereocenters. The molecule has 0 fully saturated rings. The van der Waals surface area contributed by atoms with Crippen molar-refractivity contribution in [1.29, 1.82) is 0 Å². The van der Waals surface area contributed by atoms with E-state index >= 15 is 0 Å². The highest BCUT2D eigenvalue weighted by Gasteiger charge is 2.29. The Kier molecular flexibility index (Phi) is 8.00. The summed E-state index contributed by atoms with van der Waals surface area (Å²) in [6.45, 7) is 20.6. The number of hydrogen-bond acceptors (Lipinski definition) is 2. The van der Waals surface area contributed by atoms with Crippen LogP contribution in [0.3, 0.4) is 0 Å². The summed E-state index contributed by atoms with van der Waals surface area (Å²) in [5.41, 5.74) is 8.57. The number of rotatable bonds is 7. The second kappa shape index (κ2) is 11.5. The Balaban J connectivity index is 1.71. The maximum atomic E-state index is 14.8. The summed E-state index contributed by atoms with van der Waals surface area (Å²) in [5, 5.41) is 2.47. The first-order valence-electron chi connectivity index (χ1n) is 16.5. The Hall–Kier alpha value is -3.79. The molecule has 0 bridgehead atoms. The zero-order valence-electron chi connectivity index (χ0n) is 28.5. The molecular formula is C41H48FNO2. The van der Waals surface area contributed by atoms with Crippen LogP contribution in [0.1, 0.15) is 91.8 Å². The number of aromatic nitrogens is 1. The van der Waals surface area contributed by atoms with Crippen LogP contribution in [0.5, 0.6) is 11.5 Å². The average molecular weight is 606 g/mol. The Morgan fingerprint density at radius 3 is 2.13 bits per heavy atom. The Bertz CT molecular complexity index is 1890. The van der Waals surface area contributed by atoms with E-state index in [0.717, 1.165) is 47.1 Å². The third-order valence-corrected chi connectivity index (χ3v) is 9.43. The van der Waals surface area contributed by atoms with E-state index in [1.165, 1.54) is 33.5 Å². The lowest BCUT2D eigenvalue weighted by atomic mass is 9.77. The zero-order chi connectivity index (χ0) is 32.3. The maximum absolute atomic E-state index is 14.8. The van der Waals surface area contributed by atoms with Gasteiger partial charge in [0.15, 0.2) is 5.75 Å². The molecule has 0 unspecified atom stereocenters. The summed E-state index contributed by atoms with van der Waals surface area (Å²) in [6.07, 6.45) is 3.18. The quantitative estimate of drug-likeness (QED) is 0.184. The van der Waals surface area contributed by atoms with Crippen LogP contribution < -0.4 is 9.47 Å². The first-order valence-corrected chi connectivity index (χ1v) is 16.5. The van der Waals surface area contributed by atoms with Gasteiger partial charge in [-0.1, -0.05) is 80.9 Å². The third kappa shape index (κ3) is 5.96. The van der Waals surface area contributed by atoms with Gasteiger partial charge in [0.05, 0.1) is 16.7 Å². The van der Waals surface area contributed by atoms with Crippen molar-refractivity contribution in [3.05, 3.63) is 89.2 Å². The van der Waals surface area contributed by atoms with Gasteiger partial charge in [0, 0.05) is 21.9 Å². The lowest BCUT2D eigenvalue weighted by molar-refractivity contribution is 0.124. The van der Waals surface area contributed by atoms with Crippen molar-refractivity contribution < 1.29 is 13.9 Å². The molecule has 0 N–H and O–H groups in total. The van der Waals surface area contributed by atoms with Crippen LogP contribution in [0.4, 0.5) is 4.39 Å². The third-order valence-electron chi connectivity index (χ3n) is 9.43. The molecule has 4 heteroatoms. The fraction of sp³-hybridized carbons (Fsp3) is 0.415. The number of ether oxygens (including phenoxy) is 2. The molecule has 0 saturated carbocycles. The van der Waals surface area contributed by atoms with E-state index in [-0.39, 0.29) is 23.4 Å². The highest BCUT2D eigenvalue weighted by atomic mass is 19.1. The molecule has 1 aromatic heterocycles. The van der Waals surface area contributed by atoms with Crippen molar-refractivity contribution >= 4 is 21.8 Å². The van der Waals surface area contributed by atoms with Crippen molar-refractivity contribution in [2.45, 2.75) is 92.4 Å². The van der Waals surface area contributed by atoms with E-state index in [9.17, 15) is 4.39 Å². The minimum absolute atomic E-state index is 0.0177. The smallest absolute Gasteiger partial charge is 0.231 e. The molecule has 0 amide bonds. The zero-order valence-corrected chi connectivity index (χ0v) is 28.5. The molecule has 2 heterocycles. The number of nitrogens with zero attached hydrogens (tertiary/aromatic N) is 1. The molecule has 1 aliphatic heterocycles. The van der Waals surface area contributed by atoms with Crippen molar-refractivity contribution in [3.63, 3.8) is 0 Å². The van der Waals surface area contributed by atoms with Gasteiger partial charge >= 0.3 is 0 Å². The maximum Gasteiger partial charge on any atom is 0.231 e. The molecule has 0 spiro atoms. The predicted molar refractivity (Wildman–Crippen MR) is 187 cm³/mol. The van der Waals surface area contributed by atoms with Gasteiger partial charge < -0.3 is 14.0 Å². The molecule has 0 radical (unpaired) electrons. The van der Waals surface area contributed by atoms with E-state index in [4.69, 9.17) is 9.47 Å². The van der Waals surface area contributed by atoms with Crippen molar-refractivity contribution in [2.75, 3.05) is 6.79 Å². The van der Waals surface area contributed by atoms with Crippen LogP contribution in [0, 0.1) is 17.7 Å². The van der Waals surface area contributed by atoms with Crippen LogP contribution in [-0.2, 0) is 17.3 Å². The molecule has 4 aromatic carbocycles. The second-order valence-electron chi connectivity index (χ2n) is 15.5. The molecule has 1 aliphatic rings. The van der Waals surface area contributed by atoms with Crippen LogP contribution in [0.15, 0.2) is 66.7 Å². The van der Waals surface area contributed by atoms with E-state index < -0.39 is 0 Å². The summed E-state index contributed by atoms with van der Waals surface area (Å²) in [6, 6.07) is 23.1. The van der Waals surface area contributed by atoms with Gasteiger partial charge in [-0.25, -0.2) is 4.39 Å². The predicted octanol–water partition coefficient (Wildman–Crippen LogP) is 11.5. The van der Waals surface area contributed by atoms with Crippen LogP contribution in [0.25, 0.3) is 38.6 Å².